The van der Waals surface area contributed by atoms with Crippen LogP contribution in [0.2, 0.25) is 0 Å². The number of aryl methyl sites for hydroxylation is 1. The summed E-state index contributed by atoms with van der Waals surface area (Å²) in [5.41, 5.74) is 1.65. The van der Waals surface area contributed by atoms with Crippen LogP contribution >= 0.6 is 11.6 Å². The standard InChI is InChI=1S/C14H15ClN2O/c1-2-13-16-12(11-6-4-3-5-7-11)10-14(18)17(13)9-8-15/h3-7,10H,2,8-9H2,1H3. The molecular formula is C14H15ClN2O. The van der Waals surface area contributed by atoms with Gasteiger partial charge in [0.15, 0.2) is 0 Å². The lowest BCUT2D eigenvalue weighted by Gasteiger charge is -2.11. The van der Waals surface area contributed by atoms with Crippen LogP contribution in [0.1, 0.15) is 12.7 Å². The zero-order valence-corrected chi connectivity index (χ0v) is 11.0. The van der Waals surface area contributed by atoms with E-state index in [1.165, 1.54) is 0 Å². The first kappa shape index (κ1) is 12.8. The van der Waals surface area contributed by atoms with Crippen molar-refractivity contribution in [2.24, 2.45) is 0 Å². The maximum atomic E-state index is 12.0. The first-order valence-corrected chi connectivity index (χ1v) is 6.52. The summed E-state index contributed by atoms with van der Waals surface area (Å²) < 4.78 is 1.64. The molecule has 0 N–H and O–H groups in total. The van der Waals surface area contributed by atoms with Gasteiger partial charge in [-0.15, -0.1) is 11.6 Å². The minimum atomic E-state index is -0.0404. The lowest BCUT2D eigenvalue weighted by Crippen LogP contribution is -2.25. The Labute approximate surface area is 111 Å². The van der Waals surface area contributed by atoms with E-state index >= 15 is 0 Å². The molecule has 0 saturated carbocycles. The number of alkyl halides is 1. The zero-order valence-electron chi connectivity index (χ0n) is 10.3. The van der Waals surface area contributed by atoms with Crippen LogP contribution in [0.4, 0.5) is 0 Å². The molecular weight excluding hydrogens is 248 g/mol. The Morgan fingerprint density at radius 3 is 2.61 bits per heavy atom. The summed E-state index contributed by atoms with van der Waals surface area (Å²) in [5.74, 6) is 1.20. The fraction of sp³-hybridized carbons (Fsp3) is 0.286. The van der Waals surface area contributed by atoms with Gasteiger partial charge in [0.25, 0.3) is 5.56 Å². The SMILES string of the molecule is CCc1nc(-c2ccccc2)cc(=O)n1CCCl. The molecule has 1 heterocycles. The van der Waals surface area contributed by atoms with Crippen molar-refractivity contribution in [1.82, 2.24) is 9.55 Å². The quantitative estimate of drug-likeness (QED) is 0.794. The molecule has 0 amide bonds. The largest absolute Gasteiger partial charge is 0.295 e. The fourth-order valence-corrected chi connectivity index (χ4v) is 2.07. The van der Waals surface area contributed by atoms with Gasteiger partial charge >= 0.3 is 0 Å². The van der Waals surface area contributed by atoms with Crippen molar-refractivity contribution >= 4 is 11.6 Å². The molecule has 0 aliphatic carbocycles. The third-order valence-electron chi connectivity index (χ3n) is 2.78. The van der Waals surface area contributed by atoms with Crippen molar-refractivity contribution in [1.29, 1.82) is 0 Å². The maximum Gasteiger partial charge on any atom is 0.254 e. The lowest BCUT2D eigenvalue weighted by molar-refractivity contribution is 0.657. The van der Waals surface area contributed by atoms with E-state index in [4.69, 9.17) is 11.6 Å². The summed E-state index contributed by atoms with van der Waals surface area (Å²) >= 11 is 5.71. The van der Waals surface area contributed by atoms with Crippen LogP contribution in [0, 0.1) is 0 Å². The van der Waals surface area contributed by atoms with Crippen LogP contribution in [-0.4, -0.2) is 15.4 Å². The first-order chi connectivity index (χ1) is 8.76. The van der Waals surface area contributed by atoms with Crippen LogP contribution < -0.4 is 5.56 Å². The summed E-state index contributed by atoms with van der Waals surface area (Å²) in [6.07, 6.45) is 0.715. The van der Waals surface area contributed by atoms with E-state index in [1.807, 2.05) is 37.3 Å². The molecule has 0 saturated heterocycles. The minimum Gasteiger partial charge on any atom is -0.295 e. The molecule has 1 aromatic carbocycles. The molecule has 0 aliphatic heterocycles. The normalized spacial score (nSPS) is 10.6. The van der Waals surface area contributed by atoms with Crippen molar-refractivity contribution in [2.45, 2.75) is 19.9 Å². The van der Waals surface area contributed by atoms with E-state index in [9.17, 15) is 4.79 Å². The Hall–Kier alpha value is -1.61. The number of rotatable bonds is 4. The van der Waals surface area contributed by atoms with Gasteiger partial charge in [0.2, 0.25) is 0 Å². The number of halogens is 1. The lowest BCUT2D eigenvalue weighted by atomic mass is 10.1. The van der Waals surface area contributed by atoms with Gasteiger partial charge in [0.1, 0.15) is 5.82 Å². The Balaban J connectivity index is 2.53. The molecule has 0 radical (unpaired) electrons. The molecule has 0 atom stereocenters. The third kappa shape index (κ3) is 2.62. The monoisotopic (exact) mass is 262 g/mol. The highest BCUT2D eigenvalue weighted by Gasteiger charge is 2.08. The first-order valence-electron chi connectivity index (χ1n) is 5.98. The molecule has 2 aromatic rings. The predicted molar refractivity (Wildman–Crippen MR) is 74.0 cm³/mol. The van der Waals surface area contributed by atoms with Crippen LogP contribution in [0.25, 0.3) is 11.3 Å². The molecule has 0 spiro atoms. The summed E-state index contributed by atoms with van der Waals surface area (Å²) in [4.78, 5) is 16.6. The molecule has 3 nitrogen and oxygen atoms in total. The average Bonchev–Trinajstić information content (AvgIpc) is 2.42. The van der Waals surface area contributed by atoms with E-state index in [0.717, 1.165) is 17.1 Å². The van der Waals surface area contributed by atoms with E-state index in [1.54, 1.807) is 10.6 Å². The number of benzene rings is 1. The highest BCUT2D eigenvalue weighted by atomic mass is 35.5. The van der Waals surface area contributed by atoms with Gasteiger partial charge in [0, 0.05) is 30.5 Å². The number of aromatic nitrogens is 2. The van der Waals surface area contributed by atoms with Crippen LogP contribution in [0.5, 0.6) is 0 Å². The number of hydrogen-bond donors (Lipinski definition) is 0. The third-order valence-corrected chi connectivity index (χ3v) is 2.95. The molecule has 2 rings (SSSR count). The molecule has 0 unspecified atom stereocenters. The topological polar surface area (TPSA) is 34.9 Å². The van der Waals surface area contributed by atoms with Crippen LogP contribution in [-0.2, 0) is 13.0 Å². The van der Waals surface area contributed by atoms with Crippen molar-refractivity contribution in [3.05, 3.63) is 52.6 Å². The Kier molecular flexibility index (Phi) is 4.15. The van der Waals surface area contributed by atoms with Gasteiger partial charge in [-0.25, -0.2) is 4.98 Å². The Morgan fingerprint density at radius 2 is 2.00 bits per heavy atom. The van der Waals surface area contributed by atoms with E-state index < -0.39 is 0 Å². The molecule has 4 heteroatoms. The van der Waals surface area contributed by atoms with Crippen molar-refractivity contribution < 1.29 is 0 Å². The Bertz CT molecular complexity index is 578. The summed E-state index contributed by atoms with van der Waals surface area (Å²) in [6, 6.07) is 11.3. The Morgan fingerprint density at radius 1 is 1.28 bits per heavy atom. The highest BCUT2D eigenvalue weighted by molar-refractivity contribution is 6.17. The van der Waals surface area contributed by atoms with Crippen molar-refractivity contribution in [2.75, 3.05) is 5.88 Å². The smallest absolute Gasteiger partial charge is 0.254 e. The second-order valence-electron chi connectivity index (χ2n) is 3.96. The second-order valence-corrected chi connectivity index (χ2v) is 4.33. The van der Waals surface area contributed by atoms with Gasteiger partial charge in [-0.1, -0.05) is 37.3 Å². The molecule has 1 aromatic heterocycles. The molecule has 0 bridgehead atoms. The van der Waals surface area contributed by atoms with Gasteiger partial charge in [-0.05, 0) is 0 Å². The van der Waals surface area contributed by atoms with Gasteiger partial charge < -0.3 is 0 Å². The second kappa shape index (κ2) is 5.83. The molecule has 94 valence electrons. The fourth-order valence-electron chi connectivity index (χ4n) is 1.90. The highest BCUT2D eigenvalue weighted by Crippen LogP contribution is 2.15. The molecule has 0 aliphatic rings. The predicted octanol–water partition coefficient (Wildman–Crippen LogP) is 2.71. The summed E-state index contributed by atoms with van der Waals surface area (Å²) in [6.45, 7) is 2.49. The average molecular weight is 263 g/mol. The minimum absolute atomic E-state index is 0.0404. The van der Waals surface area contributed by atoms with E-state index in [0.29, 0.717) is 18.8 Å². The van der Waals surface area contributed by atoms with E-state index in [2.05, 4.69) is 4.98 Å². The summed E-state index contributed by atoms with van der Waals surface area (Å²) in [7, 11) is 0. The van der Waals surface area contributed by atoms with Crippen molar-refractivity contribution in [3.8, 4) is 11.3 Å². The van der Waals surface area contributed by atoms with Crippen LogP contribution in [0.15, 0.2) is 41.2 Å². The van der Waals surface area contributed by atoms with Gasteiger partial charge in [-0.3, -0.25) is 9.36 Å². The molecule has 18 heavy (non-hydrogen) atoms. The van der Waals surface area contributed by atoms with Crippen LogP contribution in [0.3, 0.4) is 0 Å². The number of nitrogens with zero attached hydrogens (tertiary/aromatic N) is 2. The number of hydrogen-bond acceptors (Lipinski definition) is 2. The maximum absolute atomic E-state index is 12.0. The molecule has 0 fully saturated rings. The van der Waals surface area contributed by atoms with Crippen molar-refractivity contribution in [3.63, 3.8) is 0 Å². The van der Waals surface area contributed by atoms with E-state index in [-0.39, 0.29) is 5.56 Å². The summed E-state index contributed by atoms with van der Waals surface area (Å²) in [5, 5.41) is 0. The zero-order chi connectivity index (χ0) is 13.0. The van der Waals surface area contributed by atoms with Gasteiger partial charge in [-0.2, -0.15) is 0 Å². The van der Waals surface area contributed by atoms with Gasteiger partial charge in [0.05, 0.1) is 5.69 Å².